The zero-order valence-corrected chi connectivity index (χ0v) is 10.7. The Morgan fingerprint density at radius 2 is 1.90 bits per heavy atom. The van der Waals surface area contributed by atoms with Crippen molar-refractivity contribution < 1.29 is 22.6 Å². The van der Waals surface area contributed by atoms with E-state index in [1.165, 1.54) is 12.1 Å². The van der Waals surface area contributed by atoms with Gasteiger partial charge in [0.25, 0.3) is 15.8 Å². The minimum atomic E-state index is -4.53. The topological polar surface area (TPSA) is 110 Å². The van der Waals surface area contributed by atoms with Crippen LogP contribution >= 0.6 is 0 Å². The van der Waals surface area contributed by atoms with Gasteiger partial charge in [-0.2, -0.15) is 8.42 Å². The summed E-state index contributed by atoms with van der Waals surface area (Å²) in [5, 5.41) is 10.7. The quantitative estimate of drug-likeness (QED) is 0.363. The minimum absolute atomic E-state index is 0. The molecule has 0 aliphatic carbocycles. The molecule has 0 saturated carbocycles. The van der Waals surface area contributed by atoms with Crippen molar-refractivity contribution in [2.24, 2.45) is 0 Å². The van der Waals surface area contributed by atoms with E-state index >= 15 is 0 Å². The molecule has 1 heterocycles. The summed E-state index contributed by atoms with van der Waals surface area (Å²) in [6.45, 7) is 1.78. The first-order valence-electron chi connectivity index (χ1n) is 5.48. The Balaban J connectivity index is 0.00000200. The van der Waals surface area contributed by atoms with Gasteiger partial charge >= 0.3 is 29.6 Å². The normalized spacial score (nSPS) is 15.6. The van der Waals surface area contributed by atoms with Crippen LogP contribution in [0.3, 0.4) is 0 Å². The number of hydrogen-bond donors (Lipinski definition) is 1. The van der Waals surface area contributed by atoms with E-state index in [1.807, 2.05) is 0 Å². The van der Waals surface area contributed by atoms with Gasteiger partial charge in [0.1, 0.15) is 4.90 Å². The van der Waals surface area contributed by atoms with Crippen molar-refractivity contribution in [3.63, 3.8) is 0 Å². The fourth-order valence-corrected chi connectivity index (χ4v) is 2.62. The Bertz CT molecular complexity index is 600. The molecule has 0 spiro atoms. The molecule has 0 aromatic heterocycles. The molecular weight excluding hydrogens is 299 g/mol. The summed E-state index contributed by atoms with van der Waals surface area (Å²) in [5.74, 6) is 0. The number of morpholine rings is 1. The van der Waals surface area contributed by atoms with Gasteiger partial charge in [-0.3, -0.25) is 14.7 Å². The average Bonchev–Trinajstić information content (AvgIpc) is 2.38. The zero-order chi connectivity index (χ0) is 14.0. The van der Waals surface area contributed by atoms with Crippen LogP contribution in [-0.4, -0.2) is 73.8 Å². The molecule has 10 heteroatoms. The van der Waals surface area contributed by atoms with Crippen LogP contribution in [0, 0.1) is 10.1 Å². The van der Waals surface area contributed by atoms with E-state index in [2.05, 4.69) is 0 Å². The number of hydrogen-bond acceptors (Lipinski definition) is 6. The van der Waals surface area contributed by atoms with Gasteiger partial charge in [0.2, 0.25) is 0 Å². The van der Waals surface area contributed by atoms with E-state index in [0.29, 0.717) is 26.3 Å². The summed E-state index contributed by atoms with van der Waals surface area (Å²) in [5.41, 5.74) is -0.138. The van der Waals surface area contributed by atoms with Crippen LogP contribution in [0.5, 0.6) is 0 Å². The summed E-state index contributed by atoms with van der Waals surface area (Å²) >= 11 is 0. The standard InChI is InChI=1S/C10H12N2O6S.Na.H/c13-12(14)8-1-2-9(10(7-8)19(15,16)17)11-3-5-18-6-4-11;;/h1-2,7H,3-6H2,(H,15,16,17);;. The predicted molar refractivity (Wildman–Crippen MR) is 73.1 cm³/mol. The SMILES string of the molecule is O=[N+]([O-])c1ccc(N2CCOCC2)c(S(=O)(=O)O)c1.[NaH]. The summed E-state index contributed by atoms with van der Waals surface area (Å²) in [4.78, 5) is 11.2. The van der Waals surface area contributed by atoms with Crippen molar-refractivity contribution in [2.45, 2.75) is 4.90 Å². The predicted octanol–water partition coefficient (Wildman–Crippen LogP) is 0.0296. The Hall–Kier alpha value is -0.710. The number of rotatable bonds is 3. The molecule has 1 aromatic rings. The first-order valence-corrected chi connectivity index (χ1v) is 6.92. The molecule has 1 aliphatic heterocycles. The third-order valence-electron chi connectivity index (χ3n) is 2.78. The van der Waals surface area contributed by atoms with Gasteiger partial charge < -0.3 is 9.64 Å². The molecule has 0 amide bonds. The third kappa shape index (κ3) is 3.90. The third-order valence-corrected chi connectivity index (χ3v) is 3.67. The number of nitro groups is 1. The van der Waals surface area contributed by atoms with Gasteiger partial charge in [-0.25, -0.2) is 0 Å². The molecular formula is C10H13N2NaO6S. The number of nitro benzene ring substituents is 1. The van der Waals surface area contributed by atoms with E-state index < -0.39 is 19.9 Å². The fraction of sp³-hybridized carbons (Fsp3) is 0.400. The zero-order valence-electron chi connectivity index (χ0n) is 9.85. The van der Waals surface area contributed by atoms with Crippen LogP contribution in [0.1, 0.15) is 0 Å². The Morgan fingerprint density at radius 3 is 2.40 bits per heavy atom. The van der Waals surface area contributed by atoms with Crippen molar-refractivity contribution in [3.8, 4) is 0 Å². The average molecular weight is 312 g/mol. The van der Waals surface area contributed by atoms with E-state index in [9.17, 15) is 23.1 Å². The Kier molecular flexibility index (Phi) is 5.92. The molecule has 20 heavy (non-hydrogen) atoms. The fourth-order valence-electron chi connectivity index (χ4n) is 1.89. The summed E-state index contributed by atoms with van der Waals surface area (Å²) in [6, 6.07) is 3.40. The van der Waals surface area contributed by atoms with Crippen LogP contribution < -0.4 is 4.90 Å². The Morgan fingerprint density at radius 1 is 1.30 bits per heavy atom. The maximum absolute atomic E-state index is 11.3. The second-order valence-electron chi connectivity index (χ2n) is 3.98. The van der Waals surface area contributed by atoms with Gasteiger partial charge in [-0.1, -0.05) is 0 Å². The molecule has 2 rings (SSSR count). The second kappa shape index (κ2) is 6.83. The van der Waals surface area contributed by atoms with Gasteiger partial charge in [-0.15, -0.1) is 0 Å². The van der Waals surface area contributed by atoms with E-state index in [-0.39, 0.29) is 40.9 Å². The van der Waals surface area contributed by atoms with Crippen molar-refractivity contribution in [1.82, 2.24) is 0 Å². The molecule has 1 aliphatic rings. The van der Waals surface area contributed by atoms with Gasteiger partial charge in [0.05, 0.1) is 23.8 Å². The molecule has 1 aromatic carbocycles. The first kappa shape index (κ1) is 17.3. The molecule has 8 nitrogen and oxygen atoms in total. The van der Waals surface area contributed by atoms with Gasteiger partial charge in [0, 0.05) is 25.2 Å². The molecule has 1 saturated heterocycles. The molecule has 1 fully saturated rings. The summed E-state index contributed by atoms with van der Waals surface area (Å²) in [6.07, 6.45) is 0. The monoisotopic (exact) mass is 312 g/mol. The molecule has 106 valence electrons. The van der Waals surface area contributed by atoms with Gasteiger partial charge in [0.15, 0.2) is 0 Å². The summed E-state index contributed by atoms with van der Waals surface area (Å²) in [7, 11) is -4.53. The maximum atomic E-state index is 11.3. The second-order valence-corrected chi connectivity index (χ2v) is 5.37. The molecule has 1 N–H and O–H groups in total. The number of nitrogens with zero attached hydrogens (tertiary/aromatic N) is 2. The molecule has 0 atom stereocenters. The van der Waals surface area contributed by atoms with E-state index in [4.69, 9.17) is 4.74 Å². The van der Waals surface area contributed by atoms with E-state index in [0.717, 1.165) is 6.07 Å². The van der Waals surface area contributed by atoms with Crippen molar-refractivity contribution >= 4 is 51.1 Å². The van der Waals surface area contributed by atoms with Crippen LogP contribution in [0.2, 0.25) is 0 Å². The van der Waals surface area contributed by atoms with Crippen molar-refractivity contribution in [2.75, 3.05) is 31.2 Å². The number of anilines is 1. The molecule has 0 radical (unpaired) electrons. The van der Waals surface area contributed by atoms with Crippen LogP contribution in [0.15, 0.2) is 23.1 Å². The Labute approximate surface area is 137 Å². The van der Waals surface area contributed by atoms with Crippen LogP contribution in [0.4, 0.5) is 11.4 Å². The van der Waals surface area contributed by atoms with E-state index in [1.54, 1.807) is 4.90 Å². The number of ether oxygens (including phenoxy) is 1. The van der Waals surface area contributed by atoms with Crippen molar-refractivity contribution in [1.29, 1.82) is 0 Å². The first-order chi connectivity index (χ1) is 8.89. The molecule has 0 bridgehead atoms. The summed E-state index contributed by atoms with van der Waals surface area (Å²) < 4.78 is 37.0. The number of benzene rings is 1. The van der Waals surface area contributed by atoms with Crippen LogP contribution in [0.25, 0.3) is 0 Å². The number of non-ortho nitro benzene ring substituents is 1. The van der Waals surface area contributed by atoms with Crippen LogP contribution in [-0.2, 0) is 14.9 Å². The molecule has 0 unspecified atom stereocenters. The van der Waals surface area contributed by atoms with Gasteiger partial charge in [-0.05, 0) is 6.07 Å². The van der Waals surface area contributed by atoms with Crippen molar-refractivity contribution in [3.05, 3.63) is 28.3 Å².